The summed E-state index contributed by atoms with van der Waals surface area (Å²) < 4.78 is 5.52. The highest BCUT2D eigenvalue weighted by atomic mass is 35.5. The standard InChI is InChI=1S/C20H20ClN3O3S.C13H6ClNO4S.C7H16N2/c1-23-10-3-4-12(23)9-11-24-19(26)13-5-2-6-14(17(13)20(24)27)22-18(25)15-7-8-16(21)28-15;14-9-5-4-8(20-9)11(16)15-7-3-1-2-6-10(7)13(18)19-12(6)17;1-9-6-2-3-7(9)4-5-8/h2,5-8,12H,3-4,9-11H2,1H3,(H,22,25);1-5H,(H,15,16);7H,2-6,8H2,1H3. The fourth-order valence-electron chi connectivity index (χ4n) is 7.28. The Labute approximate surface area is 348 Å². The molecule has 2 saturated heterocycles. The number of imide groups is 1. The van der Waals surface area contributed by atoms with Crippen molar-refractivity contribution >= 4 is 92.8 Å². The van der Waals surface area contributed by atoms with Crippen LogP contribution in [0.1, 0.15) is 99.3 Å². The third-order valence-electron chi connectivity index (χ3n) is 10.3. The van der Waals surface area contributed by atoms with Gasteiger partial charge >= 0.3 is 11.9 Å². The minimum atomic E-state index is -0.759. The Balaban J connectivity index is 0.000000164. The first-order valence-electron chi connectivity index (χ1n) is 18.5. The van der Waals surface area contributed by atoms with Crippen molar-refractivity contribution in [3.8, 4) is 0 Å². The van der Waals surface area contributed by atoms with Crippen LogP contribution in [0.5, 0.6) is 0 Å². The highest BCUT2D eigenvalue weighted by molar-refractivity contribution is 7.18. The van der Waals surface area contributed by atoms with Crippen molar-refractivity contribution in [3.05, 3.63) is 101 Å². The van der Waals surface area contributed by atoms with E-state index < -0.39 is 17.8 Å². The molecule has 57 heavy (non-hydrogen) atoms. The van der Waals surface area contributed by atoms with Crippen LogP contribution in [0.4, 0.5) is 11.4 Å². The van der Waals surface area contributed by atoms with Crippen LogP contribution in [0, 0.1) is 0 Å². The fraction of sp³-hybridized carbons (Fsp3) is 0.350. The Kier molecular flexibility index (Phi) is 13.9. The summed E-state index contributed by atoms with van der Waals surface area (Å²) in [4.78, 5) is 80.1. The van der Waals surface area contributed by atoms with E-state index in [2.05, 4.69) is 39.3 Å². The monoisotopic (exact) mass is 852 g/mol. The SMILES string of the molecule is CN1CCCC1CCN.CN1CCCC1CCN1C(=O)c2cccc(NC(=O)c3ccc(Cl)s3)c2C1=O.O=C(Nc1cccc2c1C(=O)OC2=O)c1ccc(Cl)s1. The zero-order valence-corrected chi connectivity index (χ0v) is 34.5. The van der Waals surface area contributed by atoms with Crippen LogP contribution < -0.4 is 16.4 Å². The second kappa shape index (κ2) is 18.9. The smallest absolute Gasteiger partial charge is 0.349 e. The number of amides is 4. The molecule has 8 rings (SSSR count). The van der Waals surface area contributed by atoms with E-state index in [0.717, 1.165) is 61.1 Å². The molecule has 6 heterocycles. The molecule has 0 aliphatic carbocycles. The zero-order chi connectivity index (χ0) is 40.8. The first-order chi connectivity index (χ1) is 27.4. The second-order valence-corrected chi connectivity index (χ2v) is 17.4. The molecule has 0 spiro atoms. The number of nitrogens with two attached hydrogens (primary N) is 1. The van der Waals surface area contributed by atoms with E-state index in [1.807, 2.05) is 0 Å². The van der Waals surface area contributed by atoms with Crippen molar-refractivity contribution in [2.24, 2.45) is 5.73 Å². The lowest BCUT2D eigenvalue weighted by atomic mass is 10.1. The second-order valence-electron chi connectivity index (χ2n) is 13.9. The average molecular weight is 854 g/mol. The molecule has 0 bridgehead atoms. The molecule has 2 atom stereocenters. The van der Waals surface area contributed by atoms with Gasteiger partial charge in [-0.3, -0.25) is 24.1 Å². The number of benzene rings is 2. The lowest BCUT2D eigenvalue weighted by Crippen LogP contribution is -2.35. The van der Waals surface area contributed by atoms with Crippen molar-refractivity contribution in [2.45, 2.75) is 50.6 Å². The number of nitrogens with one attached hydrogen (secondary N) is 2. The highest BCUT2D eigenvalue weighted by Crippen LogP contribution is 2.32. The zero-order valence-electron chi connectivity index (χ0n) is 31.3. The maximum Gasteiger partial charge on any atom is 0.349 e. The maximum atomic E-state index is 13.0. The number of thiophene rings is 2. The average Bonchev–Trinajstić information content (AvgIpc) is 4.06. The van der Waals surface area contributed by atoms with E-state index in [1.165, 1.54) is 42.8 Å². The van der Waals surface area contributed by atoms with Gasteiger partial charge in [-0.05, 0) is 121 Å². The first-order valence-corrected chi connectivity index (χ1v) is 20.9. The van der Waals surface area contributed by atoms with Crippen molar-refractivity contribution in [2.75, 3.05) is 50.9 Å². The topological polar surface area (TPSA) is 171 Å². The van der Waals surface area contributed by atoms with Gasteiger partial charge in [-0.2, -0.15) is 0 Å². The van der Waals surface area contributed by atoms with Gasteiger partial charge in [-0.25, -0.2) is 9.59 Å². The van der Waals surface area contributed by atoms with E-state index in [-0.39, 0.29) is 40.1 Å². The number of anilines is 2. The quantitative estimate of drug-likeness (QED) is 0.0894. The molecular formula is C40H42Cl2N6O7S2. The molecular weight excluding hydrogens is 812 g/mol. The van der Waals surface area contributed by atoms with Crippen LogP contribution in [-0.2, 0) is 4.74 Å². The number of carbonyl (C=O) groups is 6. The number of carbonyl (C=O) groups excluding carboxylic acids is 6. The first kappa shape index (κ1) is 42.1. The molecule has 4 N–H and O–H groups in total. The van der Waals surface area contributed by atoms with Crippen LogP contribution in [0.3, 0.4) is 0 Å². The Bertz CT molecular complexity index is 2190. The van der Waals surface area contributed by atoms with Crippen LogP contribution in [-0.4, -0.2) is 103 Å². The molecule has 2 aromatic carbocycles. The van der Waals surface area contributed by atoms with E-state index in [1.54, 1.807) is 48.5 Å². The van der Waals surface area contributed by atoms with Crippen LogP contribution in [0.2, 0.25) is 8.67 Å². The Morgan fingerprint density at radius 1 is 0.719 bits per heavy atom. The molecule has 2 aromatic heterocycles. The largest absolute Gasteiger partial charge is 0.386 e. The molecule has 4 aliphatic rings. The predicted molar refractivity (Wildman–Crippen MR) is 222 cm³/mol. The molecule has 2 fully saturated rings. The van der Waals surface area contributed by atoms with Crippen molar-refractivity contribution < 1.29 is 33.5 Å². The number of hydrogen-bond acceptors (Lipinski definition) is 12. The number of hydrogen-bond donors (Lipinski definition) is 3. The number of nitrogens with zero attached hydrogens (tertiary/aromatic N) is 3. The fourth-order valence-corrected chi connectivity index (χ4v) is 9.15. The summed E-state index contributed by atoms with van der Waals surface area (Å²) in [5.41, 5.74) is 6.87. The van der Waals surface area contributed by atoms with Gasteiger partial charge in [0.2, 0.25) is 0 Å². The summed E-state index contributed by atoms with van der Waals surface area (Å²) in [7, 11) is 4.26. The third-order valence-corrected chi connectivity index (χ3v) is 12.8. The predicted octanol–water partition coefficient (Wildman–Crippen LogP) is 7.13. The highest BCUT2D eigenvalue weighted by Gasteiger charge is 2.38. The van der Waals surface area contributed by atoms with E-state index in [4.69, 9.17) is 28.9 Å². The molecule has 0 saturated carbocycles. The summed E-state index contributed by atoms with van der Waals surface area (Å²) in [6.45, 7) is 3.55. The van der Waals surface area contributed by atoms with Crippen molar-refractivity contribution in [1.29, 1.82) is 0 Å². The lowest BCUT2D eigenvalue weighted by molar-refractivity contribution is 0.0442. The molecule has 2 unspecified atom stereocenters. The van der Waals surface area contributed by atoms with Gasteiger partial charge in [0.25, 0.3) is 23.6 Å². The summed E-state index contributed by atoms with van der Waals surface area (Å²) in [6.07, 6.45) is 6.89. The summed E-state index contributed by atoms with van der Waals surface area (Å²) in [5, 5.41) is 5.34. The summed E-state index contributed by atoms with van der Waals surface area (Å²) in [5.74, 6) is -2.86. The minimum Gasteiger partial charge on any atom is -0.386 e. The number of rotatable bonds is 9. The number of fused-ring (bicyclic) bond motifs is 2. The minimum absolute atomic E-state index is 0.0773. The van der Waals surface area contributed by atoms with Gasteiger partial charge in [0.05, 0.1) is 52.1 Å². The maximum absolute atomic E-state index is 13.0. The number of esters is 2. The number of halogens is 2. The Hall–Kier alpha value is -4.48. The van der Waals surface area contributed by atoms with Gasteiger partial charge < -0.3 is 30.9 Å². The van der Waals surface area contributed by atoms with Gasteiger partial charge in [-0.15, -0.1) is 22.7 Å². The van der Waals surface area contributed by atoms with E-state index in [9.17, 15) is 28.8 Å². The number of cyclic esters (lactones) is 2. The molecule has 13 nitrogen and oxygen atoms in total. The van der Waals surface area contributed by atoms with Crippen molar-refractivity contribution in [1.82, 2.24) is 14.7 Å². The molecule has 4 aromatic rings. The molecule has 4 aliphatic heterocycles. The Morgan fingerprint density at radius 2 is 1.25 bits per heavy atom. The normalized spacial score (nSPS) is 18.7. The van der Waals surface area contributed by atoms with Gasteiger partial charge in [-0.1, -0.05) is 35.3 Å². The molecule has 0 radical (unpaired) electrons. The molecule has 4 amide bonds. The summed E-state index contributed by atoms with van der Waals surface area (Å²) in [6, 6.07) is 17.2. The van der Waals surface area contributed by atoms with Gasteiger partial charge in [0, 0.05) is 18.6 Å². The lowest BCUT2D eigenvalue weighted by Gasteiger charge is -2.22. The van der Waals surface area contributed by atoms with Crippen LogP contribution in [0.15, 0.2) is 60.7 Å². The van der Waals surface area contributed by atoms with E-state index >= 15 is 0 Å². The van der Waals surface area contributed by atoms with Gasteiger partial charge in [0.1, 0.15) is 0 Å². The molecule has 17 heteroatoms. The Morgan fingerprint density at radius 3 is 1.74 bits per heavy atom. The number of ether oxygens (including phenoxy) is 1. The van der Waals surface area contributed by atoms with Crippen LogP contribution >= 0.6 is 45.9 Å². The number of likely N-dealkylation sites (tertiary alicyclic amines) is 2. The van der Waals surface area contributed by atoms with E-state index in [0.29, 0.717) is 42.3 Å². The molecule has 300 valence electrons. The van der Waals surface area contributed by atoms with Gasteiger partial charge in [0.15, 0.2) is 0 Å². The summed E-state index contributed by atoms with van der Waals surface area (Å²) >= 11 is 13.9. The van der Waals surface area contributed by atoms with Crippen LogP contribution in [0.25, 0.3) is 0 Å². The third kappa shape index (κ3) is 9.80. The van der Waals surface area contributed by atoms with Crippen molar-refractivity contribution in [3.63, 3.8) is 0 Å².